The number of carbonyl (C=O) groups excluding carboxylic acids is 2. The number of fused-ring (bicyclic) bond motifs is 1. The molecule has 3 rings (SSSR count). The highest BCUT2D eigenvalue weighted by Gasteiger charge is 2.27. The van der Waals surface area contributed by atoms with E-state index in [4.69, 9.17) is 0 Å². The SMILES string of the molecule is CC(=O)Nc1ccc(C(=O)N2CCc3ccc([N+](=O)[O-])cc32)cc1. The third kappa shape index (κ3) is 2.96. The van der Waals surface area contributed by atoms with E-state index in [2.05, 4.69) is 5.32 Å². The van der Waals surface area contributed by atoms with Gasteiger partial charge in [-0.3, -0.25) is 19.7 Å². The largest absolute Gasteiger partial charge is 0.326 e. The Balaban J connectivity index is 1.86. The molecule has 1 N–H and O–H groups in total. The number of amides is 2. The molecule has 1 aliphatic rings. The van der Waals surface area contributed by atoms with E-state index in [1.807, 2.05) is 0 Å². The minimum atomic E-state index is -0.469. The lowest BCUT2D eigenvalue weighted by atomic mass is 10.1. The van der Waals surface area contributed by atoms with Crippen molar-refractivity contribution >= 4 is 28.9 Å². The minimum Gasteiger partial charge on any atom is -0.326 e. The zero-order valence-electron chi connectivity index (χ0n) is 13.0. The molecule has 0 saturated carbocycles. The van der Waals surface area contributed by atoms with Crippen molar-refractivity contribution in [3.8, 4) is 0 Å². The van der Waals surface area contributed by atoms with Gasteiger partial charge in [0.2, 0.25) is 5.91 Å². The van der Waals surface area contributed by atoms with Gasteiger partial charge in [-0.2, -0.15) is 0 Å². The summed E-state index contributed by atoms with van der Waals surface area (Å²) in [5, 5.41) is 13.6. The molecule has 7 heteroatoms. The Morgan fingerprint density at radius 3 is 2.50 bits per heavy atom. The second kappa shape index (κ2) is 6.11. The number of nitro benzene ring substituents is 1. The van der Waals surface area contributed by atoms with E-state index in [1.165, 1.54) is 19.1 Å². The Morgan fingerprint density at radius 1 is 1.17 bits per heavy atom. The van der Waals surface area contributed by atoms with Crippen LogP contribution in [0.4, 0.5) is 17.1 Å². The molecule has 122 valence electrons. The lowest BCUT2D eigenvalue weighted by Gasteiger charge is -2.17. The van der Waals surface area contributed by atoms with Crippen molar-refractivity contribution in [2.45, 2.75) is 13.3 Å². The number of anilines is 2. The van der Waals surface area contributed by atoms with E-state index in [1.54, 1.807) is 35.2 Å². The highest BCUT2D eigenvalue weighted by atomic mass is 16.6. The van der Waals surface area contributed by atoms with Crippen LogP contribution in [0.25, 0.3) is 0 Å². The van der Waals surface area contributed by atoms with Gasteiger partial charge in [0.1, 0.15) is 0 Å². The van der Waals surface area contributed by atoms with Gasteiger partial charge in [-0.1, -0.05) is 6.07 Å². The second-order valence-corrected chi connectivity index (χ2v) is 5.54. The Hall–Kier alpha value is -3.22. The fourth-order valence-corrected chi connectivity index (χ4v) is 2.75. The first kappa shape index (κ1) is 15.7. The monoisotopic (exact) mass is 325 g/mol. The molecule has 0 unspecified atom stereocenters. The van der Waals surface area contributed by atoms with Crippen molar-refractivity contribution in [2.75, 3.05) is 16.8 Å². The smallest absolute Gasteiger partial charge is 0.271 e. The van der Waals surface area contributed by atoms with E-state index >= 15 is 0 Å². The van der Waals surface area contributed by atoms with Crippen molar-refractivity contribution in [2.24, 2.45) is 0 Å². The summed E-state index contributed by atoms with van der Waals surface area (Å²) in [6.07, 6.45) is 0.670. The summed E-state index contributed by atoms with van der Waals surface area (Å²) in [5.41, 5.74) is 2.54. The number of nitrogens with zero attached hydrogens (tertiary/aromatic N) is 2. The average Bonchev–Trinajstić information content (AvgIpc) is 2.97. The molecule has 2 aromatic rings. The second-order valence-electron chi connectivity index (χ2n) is 5.54. The van der Waals surface area contributed by atoms with Gasteiger partial charge in [0, 0.05) is 36.9 Å². The number of hydrogen-bond acceptors (Lipinski definition) is 4. The topological polar surface area (TPSA) is 92.6 Å². The third-order valence-corrected chi connectivity index (χ3v) is 3.87. The zero-order chi connectivity index (χ0) is 17.3. The third-order valence-electron chi connectivity index (χ3n) is 3.87. The Bertz CT molecular complexity index is 830. The molecule has 7 nitrogen and oxygen atoms in total. The number of nitrogens with one attached hydrogen (secondary N) is 1. The number of nitro groups is 1. The molecule has 24 heavy (non-hydrogen) atoms. The predicted octanol–water partition coefficient (Wildman–Crippen LogP) is 2.76. The van der Waals surface area contributed by atoms with Crippen LogP contribution >= 0.6 is 0 Å². The Morgan fingerprint density at radius 2 is 1.88 bits per heavy atom. The van der Waals surface area contributed by atoms with E-state index in [-0.39, 0.29) is 17.5 Å². The van der Waals surface area contributed by atoms with E-state index in [9.17, 15) is 19.7 Å². The van der Waals surface area contributed by atoms with Gasteiger partial charge in [0.25, 0.3) is 11.6 Å². The van der Waals surface area contributed by atoms with Gasteiger partial charge < -0.3 is 10.2 Å². The molecule has 2 amide bonds. The molecule has 1 aliphatic heterocycles. The van der Waals surface area contributed by atoms with Crippen molar-refractivity contribution in [3.63, 3.8) is 0 Å². The van der Waals surface area contributed by atoms with Crippen LogP contribution in [0.15, 0.2) is 42.5 Å². The molecular weight excluding hydrogens is 310 g/mol. The number of carbonyl (C=O) groups is 2. The molecule has 0 spiro atoms. The highest BCUT2D eigenvalue weighted by Crippen LogP contribution is 2.32. The normalized spacial score (nSPS) is 12.6. The maximum Gasteiger partial charge on any atom is 0.271 e. The van der Waals surface area contributed by atoms with Gasteiger partial charge in [-0.05, 0) is 36.2 Å². The maximum atomic E-state index is 12.7. The van der Waals surface area contributed by atoms with Crippen LogP contribution in [0.3, 0.4) is 0 Å². The summed E-state index contributed by atoms with van der Waals surface area (Å²) < 4.78 is 0. The lowest BCUT2D eigenvalue weighted by molar-refractivity contribution is -0.384. The van der Waals surface area contributed by atoms with Gasteiger partial charge >= 0.3 is 0 Å². The summed E-state index contributed by atoms with van der Waals surface area (Å²) in [5.74, 6) is -0.404. The molecule has 0 saturated heterocycles. The van der Waals surface area contributed by atoms with E-state index < -0.39 is 4.92 Å². The van der Waals surface area contributed by atoms with Crippen LogP contribution < -0.4 is 10.2 Å². The molecule has 0 aromatic heterocycles. The first-order valence-corrected chi connectivity index (χ1v) is 7.42. The van der Waals surface area contributed by atoms with E-state index in [0.29, 0.717) is 29.9 Å². The van der Waals surface area contributed by atoms with Crippen LogP contribution in [-0.2, 0) is 11.2 Å². The molecular formula is C17H15N3O4. The van der Waals surface area contributed by atoms with Gasteiger partial charge in [0.05, 0.1) is 10.6 Å². The number of benzene rings is 2. The lowest BCUT2D eigenvalue weighted by Crippen LogP contribution is -2.28. The van der Waals surface area contributed by atoms with Crippen LogP contribution in [-0.4, -0.2) is 23.3 Å². The van der Waals surface area contributed by atoms with Crippen LogP contribution in [0, 0.1) is 10.1 Å². The first-order valence-electron chi connectivity index (χ1n) is 7.42. The van der Waals surface area contributed by atoms with E-state index in [0.717, 1.165) is 5.56 Å². The fraction of sp³-hybridized carbons (Fsp3) is 0.176. The van der Waals surface area contributed by atoms with Crippen molar-refractivity contribution in [1.82, 2.24) is 0 Å². The molecule has 0 atom stereocenters. The highest BCUT2D eigenvalue weighted by molar-refractivity contribution is 6.07. The first-order chi connectivity index (χ1) is 11.5. The summed E-state index contributed by atoms with van der Waals surface area (Å²) in [6.45, 7) is 1.90. The summed E-state index contributed by atoms with van der Waals surface area (Å²) in [6, 6.07) is 11.1. The Labute approximate surface area is 138 Å². The van der Waals surface area contributed by atoms with Gasteiger partial charge in [-0.15, -0.1) is 0 Å². The quantitative estimate of drug-likeness (QED) is 0.693. The van der Waals surface area contributed by atoms with Gasteiger partial charge in [0.15, 0.2) is 0 Å². The van der Waals surface area contributed by atoms with Crippen molar-refractivity contribution in [3.05, 3.63) is 63.7 Å². The average molecular weight is 325 g/mol. The predicted molar refractivity (Wildman–Crippen MR) is 89.2 cm³/mol. The molecule has 0 fully saturated rings. The summed E-state index contributed by atoms with van der Waals surface area (Å²) in [7, 11) is 0. The Kier molecular flexibility index (Phi) is 3.99. The fourth-order valence-electron chi connectivity index (χ4n) is 2.75. The molecule has 0 aliphatic carbocycles. The number of non-ortho nitro benzene ring substituents is 1. The standard InChI is InChI=1S/C17H15N3O4/c1-11(21)18-14-5-2-13(3-6-14)17(22)19-9-8-12-4-7-15(20(23)24)10-16(12)19/h2-7,10H,8-9H2,1H3,(H,18,21). The molecule has 1 heterocycles. The zero-order valence-corrected chi connectivity index (χ0v) is 13.0. The number of hydrogen-bond donors (Lipinski definition) is 1. The molecule has 0 bridgehead atoms. The van der Waals surface area contributed by atoms with Crippen molar-refractivity contribution < 1.29 is 14.5 Å². The molecule has 2 aromatic carbocycles. The van der Waals surface area contributed by atoms with Crippen molar-refractivity contribution in [1.29, 1.82) is 0 Å². The summed E-state index contributed by atoms with van der Waals surface area (Å²) in [4.78, 5) is 35.7. The van der Waals surface area contributed by atoms with Gasteiger partial charge in [-0.25, -0.2) is 0 Å². The minimum absolute atomic E-state index is 0.0329. The van der Waals surface area contributed by atoms with Crippen LogP contribution in [0.1, 0.15) is 22.8 Å². The molecule has 0 radical (unpaired) electrons. The maximum absolute atomic E-state index is 12.7. The van der Waals surface area contributed by atoms with Crippen LogP contribution in [0.2, 0.25) is 0 Å². The number of rotatable bonds is 3. The van der Waals surface area contributed by atoms with Crippen LogP contribution in [0.5, 0.6) is 0 Å². The summed E-state index contributed by atoms with van der Waals surface area (Å²) >= 11 is 0.